The molecule has 1 fully saturated rings. The number of nitrogens with one attached hydrogen (secondary N) is 1. The van der Waals surface area contributed by atoms with Crippen molar-refractivity contribution in [2.75, 3.05) is 13.2 Å². The van der Waals surface area contributed by atoms with Crippen LogP contribution in [0.1, 0.15) is 29.6 Å². The predicted molar refractivity (Wildman–Crippen MR) is 96.6 cm³/mol. The first-order valence-corrected chi connectivity index (χ1v) is 9.02. The lowest BCUT2D eigenvalue weighted by Gasteiger charge is -2.14. The Balaban J connectivity index is 1.41. The van der Waals surface area contributed by atoms with Gasteiger partial charge in [-0.15, -0.1) is 0 Å². The van der Waals surface area contributed by atoms with Gasteiger partial charge >= 0.3 is 5.97 Å². The maximum Gasteiger partial charge on any atom is 0.308 e. The van der Waals surface area contributed by atoms with Crippen molar-refractivity contribution in [3.8, 4) is 0 Å². The topological polar surface area (TPSA) is 110 Å². The molecule has 0 radical (unpaired) electrons. The van der Waals surface area contributed by atoms with Crippen molar-refractivity contribution in [2.45, 2.75) is 19.3 Å². The third kappa shape index (κ3) is 4.33. The SMILES string of the molecule is O=C(COC(=O)CCN1C(=O)C2CC=CCC2C1=O)NC(=O)c1ccccc1. The number of ether oxygens (including phenoxy) is 1. The molecule has 28 heavy (non-hydrogen) atoms. The summed E-state index contributed by atoms with van der Waals surface area (Å²) in [5, 5.41) is 2.12. The normalized spacial score (nSPS) is 20.6. The molecule has 0 aromatic heterocycles. The van der Waals surface area contributed by atoms with Crippen LogP contribution in [0.3, 0.4) is 0 Å². The van der Waals surface area contributed by atoms with Crippen molar-refractivity contribution >= 4 is 29.6 Å². The summed E-state index contributed by atoms with van der Waals surface area (Å²) in [4.78, 5) is 61.1. The number of fused-ring (bicyclic) bond motifs is 1. The molecule has 146 valence electrons. The van der Waals surface area contributed by atoms with Gasteiger partial charge in [0.1, 0.15) is 0 Å². The number of amides is 4. The second-order valence-electron chi connectivity index (χ2n) is 6.64. The molecule has 1 aliphatic heterocycles. The van der Waals surface area contributed by atoms with E-state index in [-0.39, 0.29) is 36.6 Å². The van der Waals surface area contributed by atoms with E-state index in [1.54, 1.807) is 30.3 Å². The average Bonchev–Trinajstić information content (AvgIpc) is 2.96. The smallest absolute Gasteiger partial charge is 0.308 e. The summed E-state index contributed by atoms with van der Waals surface area (Å²) in [7, 11) is 0. The minimum atomic E-state index is -0.757. The zero-order valence-electron chi connectivity index (χ0n) is 15.1. The minimum Gasteiger partial charge on any atom is -0.456 e. The lowest BCUT2D eigenvalue weighted by atomic mass is 9.85. The Hall–Kier alpha value is -3.29. The van der Waals surface area contributed by atoms with Gasteiger partial charge in [0.05, 0.1) is 18.3 Å². The highest BCUT2D eigenvalue weighted by molar-refractivity contribution is 6.06. The fourth-order valence-corrected chi connectivity index (χ4v) is 3.34. The van der Waals surface area contributed by atoms with E-state index in [4.69, 9.17) is 4.74 Å². The highest BCUT2D eigenvalue weighted by Gasteiger charge is 2.46. The number of rotatable bonds is 6. The number of imide groups is 2. The molecule has 1 aromatic rings. The Morgan fingerprint density at radius 3 is 2.21 bits per heavy atom. The zero-order valence-corrected chi connectivity index (χ0v) is 15.1. The van der Waals surface area contributed by atoms with Crippen molar-refractivity contribution in [2.24, 2.45) is 11.8 Å². The largest absolute Gasteiger partial charge is 0.456 e. The van der Waals surface area contributed by atoms with Crippen LogP contribution in [0.4, 0.5) is 0 Å². The number of esters is 1. The van der Waals surface area contributed by atoms with Gasteiger partial charge in [-0.25, -0.2) is 0 Å². The first-order chi connectivity index (χ1) is 13.5. The van der Waals surface area contributed by atoms with Crippen LogP contribution in [0, 0.1) is 11.8 Å². The first kappa shape index (κ1) is 19.5. The van der Waals surface area contributed by atoms with Gasteiger partial charge in [0.2, 0.25) is 11.8 Å². The van der Waals surface area contributed by atoms with Gasteiger partial charge in [-0.2, -0.15) is 0 Å². The quantitative estimate of drug-likeness (QED) is 0.442. The number of likely N-dealkylation sites (tertiary alicyclic amines) is 1. The summed E-state index contributed by atoms with van der Waals surface area (Å²) in [6.07, 6.45) is 4.64. The molecule has 2 aliphatic rings. The molecule has 8 heteroatoms. The summed E-state index contributed by atoms with van der Waals surface area (Å²) in [6, 6.07) is 8.15. The Labute approximate surface area is 161 Å². The highest BCUT2D eigenvalue weighted by Crippen LogP contribution is 2.34. The van der Waals surface area contributed by atoms with Crippen LogP contribution in [0.5, 0.6) is 0 Å². The maximum absolute atomic E-state index is 12.3. The van der Waals surface area contributed by atoms with Crippen LogP contribution < -0.4 is 5.32 Å². The van der Waals surface area contributed by atoms with E-state index in [1.807, 2.05) is 12.2 Å². The maximum atomic E-state index is 12.3. The van der Waals surface area contributed by atoms with Gasteiger partial charge in [-0.3, -0.25) is 34.2 Å². The average molecular weight is 384 g/mol. The summed E-state index contributed by atoms with van der Waals surface area (Å²) in [5.74, 6) is -3.29. The van der Waals surface area contributed by atoms with Crippen LogP contribution in [-0.2, 0) is 23.9 Å². The third-order valence-corrected chi connectivity index (χ3v) is 4.79. The third-order valence-electron chi connectivity index (χ3n) is 4.79. The minimum absolute atomic E-state index is 0.0753. The molecule has 2 atom stereocenters. The van der Waals surface area contributed by atoms with Gasteiger partial charge in [0.25, 0.3) is 11.8 Å². The van der Waals surface area contributed by atoms with E-state index in [0.717, 1.165) is 4.90 Å². The number of hydrogen-bond acceptors (Lipinski definition) is 6. The number of nitrogens with zero attached hydrogens (tertiary/aromatic N) is 1. The fourth-order valence-electron chi connectivity index (χ4n) is 3.34. The van der Waals surface area contributed by atoms with Gasteiger partial charge in [-0.1, -0.05) is 30.4 Å². The predicted octanol–water partition coefficient (Wildman–Crippen LogP) is 0.828. The van der Waals surface area contributed by atoms with Crippen molar-refractivity contribution in [3.63, 3.8) is 0 Å². The van der Waals surface area contributed by atoms with Gasteiger partial charge in [0, 0.05) is 12.1 Å². The fraction of sp³-hybridized carbons (Fsp3) is 0.350. The lowest BCUT2D eigenvalue weighted by Crippen LogP contribution is -2.35. The monoisotopic (exact) mass is 384 g/mol. The van der Waals surface area contributed by atoms with Crippen molar-refractivity contribution in [3.05, 3.63) is 48.0 Å². The van der Waals surface area contributed by atoms with E-state index in [0.29, 0.717) is 18.4 Å². The van der Waals surface area contributed by atoms with Crippen LogP contribution in [0.15, 0.2) is 42.5 Å². The molecular formula is C20H20N2O6. The standard InChI is InChI=1S/C20H20N2O6/c23-16(21-18(25)13-6-2-1-3-7-13)12-28-17(24)10-11-22-19(26)14-8-4-5-9-15(14)20(22)27/h1-7,14-15H,8-12H2,(H,21,23,25). The van der Waals surface area contributed by atoms with Crippen LogP contribution in [0.25, 0.3) is 0 Å². The Morgan fingerprint density at radius 1 is 1.00 bits per heavy atom. The van der Waals surface area contributed by atoms with E-state index in [1.165, 1.54) is 0 Å². The number of allylic oxidation sites excluding steroid dienone is 2. The van der Waals surface area contributed by atoms with Crippen molar-refractivity contribution < 1.29 is 28.7 Å². The number of carbonyl (C=O) groups excluding carboxylic acids is 5. The van der Waals surface area contributed by atoms with E-state index >= 15 is 0 Å². The molecule has 8 nitrogen and oxygen atoms in total. The zero-order chi connectivity index (χ0) is 20.1. The second-order valence-corrected chi connectivity index (χ2v) is 6.64. The van der Waals surface area contributed by atoms with Crippen LogP contribution >= 0.6 is 0 Å². The molecular weight excluding hydrogens is 364 g/mol. The Kier molecular flexibility index (Phi) is 5.98. The number of carbonyl (C=O) groups is 5. The first-order valence-electron chi connectivity index (χ1n) is 9.02. The summed E-state index contributed by atoms with van der Waals surface area (Å²) in [5.41, 5.74) is 0.309. The molecule has 1 saturated heterocycles. The molecule has 0 bridgehead atoms. The lowest BCUT2D eigenvalue weighted by molar-refractivity contribution is -0.149. The highest BCUT2D eigenvalue weighted by atomic mass is 16.5. The molecule has 0 saturated carbocycles. The molecule has 1 aromatic carbocycles. The second kappa shape index (κ2) is 8.60. The van der Waals surface area contributed by atoms with Gasteiger partial charge in [0.15, 0.2) is 6.61 Å². The Bertz CT molecular complexity index is 806. The van der Waals surface area contributed by atoms with Crippen LogP contribution in [-0.4, -0.2) is 47.6 Å². The molecule has 4 amide bonds. The van der Waals surface area contributed by atoms with Crippen molar-refractivity contribution in [1.29, 1.82) is 0 Å². The molecule has 1 aliphatic carbocycles. The molecule has 1 N–H and O–H groups in total. The molecule has 2 unspecified atom stereocenters. The molecule has 0 spiro atoms. The summed E-state index contributed by atoms with van der Waals surface area (Å²) >= 11 is 0. The molecule has 1 heterocycles. The van der Waals surface area contributed by atoms with Crippen LogP contribution in [0.2, 0.25) is 0 Å². The summed E-state index contributed by atoms with van der Waals surface area (Å²) in [6.45, 7) is -0.692. The molecule has 3 rings (SSSR count). The van der Waals surface area contributed by atoms with E-state index < -0.39 is 24.4 Å². The van der Waals surface area contributed by atoms with Crippen molar-refractivity contribution in [1.82, 2.24) is 10.2 Å². The van der Waals surface area contributed by atoms with Gasteiger partial charge in [-0.05, 0) is 25.0 Å². The number of hydrogen-bond donors (Lipinski definition) is 1. The Morgan fingerprint density at radius 2 is 1.61 bits per heavy atom. The summed E-state index contributed by atoms with van der Waals surface area (Å²) < 4.78 is 4.82. The van der Waals surface area contributed by atoms with Gasteiger partial charge < -0.3 is 4.74 Å². The van der Waals surface area contributed by atoms with E-state index in [2.05, 4.69) is 5.32 Å². The number of benzene rings is 1. The van der Waals surface area contributed by atoms with E-state index in [9.17, 15) is 24.0 Å².